The van der Waals surface area contributed by atoms with Crippen LogP contribution >= 0.6 is 34.7 Å². The minimum atomic E-state index is 0.787. The fraction of sp³-hybridized carbons (Fsp3) is 0.182. The Kier molecular flexibility index (Phi) is 3.67. The molecule has 1 nitrogen and oxygen atoms in total. The third kappa shape index (κ3) is 3.23. The van der Waals surface area contributed by atoms with Gasteiger partial charge in [0.05, 0.1) is 5.75 Å². The van der Waals surface area contributed by atoms with E-state index in [2.05, 4.69) is 16.4 Å². The molecule has 2 rings (SSSR count). The Bertz CT molecular complexity index is 453. The Hall–Kier alpha value is -0.510. The molecule has 0 spiro atoms. The maximum absolute atomic E-state index is 5.90. The van der Waals surface area contributed by atoms with Gasteiger partial charge in [0.25, 0.3) is 0 Å². The van der Waals surface area contributed by atoms with E-state index in [1.54, 1.807) is 23.1 Å². The van der Waals surface area contributed by atoms with Crippen LogP contribution in [0.1, 0.15) is 10.7 Å². The van der Waals surface area contributed by atoms with Crippen molar-refractivity contribution in [2.45, 2.75) is 17.6 Å². The smallest absolute Gasteiger partial charge is 0.103 e. The zero-order valence-electron chi connectivity index (χ0n) is 8.24. The molecule has 0 N–H and O–H groups in total. The quantitative estimate of drug-likeness (QED) is 0.754. The Morgan fingerprint density at radius 2 is 2.33 bits per heavy atom. The lowest BCUT2D eigenvalue weighted by atomic mass is 10.4. The van der Waals surface area contributed by atoms with E-state index >= 15 is 0 Å². The Morgan fingerprint density at radius 1 is 1.47 bits per heavy atom. The van der Waals surface area contributed by atoms with E-state index in [9.17, 15) is 0 Å². The van der Waals surface area contributed by atoms with Crippen molar-refractivity contribution in [3.63, 3.8) is 0 Å². The molecule has 0 saturated heterocycles. The molecule has 1 aromatic carbocycles. The summed E-state index contributed by atoms with van der Waals surface area (Å²) in [6.07, 6.45) is 0. The van der Waals surface area contributed by atoms with Crippen molar-refractivity contribution in [3.8, 4) is 0 Å². The van der Waals surface area contributed by atoms with Crippen LogP contribution in [0.15, 0.2) is 34.5 Å². The molecular weight excluding hydrogens is 246 g/mol. The molecule has 0 aliphatic heterocycles. The van der Waals surface area contributed by atoms with E-state index in [0.29, 0.717) is 0 Å². The second-order valence-corrected chi connectivity index (χ2v) is 5.56. The average Bonchev–Trinajstić information content (AvgIpc) is 2.62. The van der Waals surface area contributed by atoms with Crippen molar-refractivity contribution in [1.82, 2.24) is 4.98 Å². The van der Waals surface area contributed by atoms with Crippen LogP contribution in [-0.4, -0.2) is 4.98 Å². The van der Waals surface area contributed by atoms with Gasteiger partial charge >= 0.3 is 0 Å². The summed E-state index contributed by atoms with van der Waals surface area (Å²) < 4.78 is 0. The van der Waals surface area contributed by atoms with E-state index in [0.717, 1.165) is 21.5 Å². The largest absolute Gasteiger partial charge is 0.246 e. The van der Waals surface area contributed by atoms with Crippen molar-refractivity contribution < 1.29 is 0 Å². The van der Waals surface area contributed by atoms with Crippen LogP contribution in [0, 0.1) is 6.92 Å². The fourth-order valence-electron chi connectivity index (χ4n) is 1.17. The van der Waals surface area contributed by atoms with Crippen molar-refractivity contribution in [3.05, 3.63) is 45.4 Å². The summed E-state index contributed by atoms with van der Waals surface area (Å²) in [6, 6.07) is 7.90. The summed E-state index contributed by atoms with van der Waals surface area (Å²) in [6.45, 7) is 2.02. The van der Waals surface area contributed by atoms with Crippen LogP contribution in [0.2, 0.25) is 5.02 Å². The topological polar surface area (TPSA) is 12.9 Å². The Morgan fingerprint density at radius 3 is 3.00 bits per heavy atom. The Labute approximate surface area is 103 Å². The molecule has 15 heavy (non-hydrogen) atoms. The van der Waals surface area contributed by atoms with Gasteiger partial charge in [0.2, 0.25) is 0 Å². The maximum Gasteiger partial charge on any atom is 0.103 e. The molecule has 2 aromatic rings. The average molecular weight is 256 g/mol. The summed E-state index contributed by atoms with van der Waals surface area (Å²) in [5, 5.41) is 4.03. The molecule has 1 aromatic heterocycles. The summed E-state index contributed by atoms with van der Waals surface area (Å²) in [5.41, 5.74) is 1.10. The van der Waals surface area contributed by atoms with Gasteiger partial charge in [0.15, 0.2) is 0 Å². The highest BCUT2D eigenvalue weighted by Crippen LogP contribution is 2.26. The third-order valence-electron chi connectivity index (χ3n) is 1.82. The number of benzene rings is 1. The standard InChI is InChI=1S/C11H10ClNS2/c1-8-6-15-11(13-8)7-14-10-4-2-3-9(12)5-10/h2-6H,7H2,1H3. The number of thioether (sulfide) groups is 1. The lowest BCUT2D eigenvalue weighted by Gasteiger charge is -1.99. The predicted molar refractivity (Wildman–Crippen MR) is 67.9 cm³/mol. The van der Waals surface area contributed by atoms with E-state index in [-0.39, 0.29) is 0 Å². The second-order valence-electron chi connectivity index (χ2n) is 3.13. The summed E-state index contributed by atoms with van der Waals surface area (Å²) >= 11 is 9.38. The SMILES string of the molecule is Cc1csc(CSc2cccc(Cl)c2)n1. The van der Waals surface area contributed by atoms with Gasteiger partial charge in [-0.1, -0.05) is 17.7 Å². The van der Waals surface area contributed by atoms with Gasteiger partial charge in [-0.2, -0.15) is 0 Å². The number of halogens is 1. The van der Waals surface area contributed by atoms with Crippen molar-refractivity contribution in [1.29, 1.82) is 0 Å². The highest BCUT2D eigenvalue weighted by Gasteiger charge is 2.00. The maximum atomic E-state index is 5.90. The highest BCUT2D eigenvalue weighted by molar-refractivity contribution is 7.98. The minimum Gasteiger partial charge on any atom is -0.246 e. The molecule has 0 fully saturated rings. The normalized spacial score (nSPS) is 10.5. The summed E-state index contributed by atoms with van der Waals surface area (Å²) in [5.74, 6) is 0.916. The summed E-state index contributed by atoms with van der Waals surface area (Å²) in [4.78, 5) is 5.60. The van der Waals surface area contributed by atoms with Crippen molar-refractivity contribution in [2.24, 2.45) is 0 Å². The first-order chi connectivity index (χ1) is 7.24. The number of hydrogen-bond acceptors (Lipinski definition) is 3. The third-order valence-corrected chi connectivity index (χ3v) is 4.21. The number of aryl methyl sites for hydroxylation is 1. The van der Waals surface area contributed by atoms with Gasteiger partial charge in [-0.25, -0.2) is 4.98 Å². The van der Waals surface area contributed by atoms with Crippen LogP contribution < -0.4 is 0 Å². The molecule has 4 heteroatoms. The Balaban J connectivity index is 1.99. The molecule has 1 heterocycles. The van der Waals surface area contributed by atoms with Gasteiger partial charge in [-0.3, -0.25) is 0 Å². The molecule has 0 radical (unpaired) electrons. The van der Waals surface area contributed by atoms with Crippen LogP contribution in [0.5, 0.6) is 0 Å². The number of aromatic nitrogens is 1. The van der Waals surface area contributed by atoms with Crippen molar-refractivity contribution in [2.75, 3.05) is 0 Å². The lowest BCUT2D eigenvalue weighted by molar-refractivity contribution is 1.18. The van der Waals surface area contributed by atoms with Gasteiger partial charge < -0.3 is 0 Å². The molecule has 0 atom stereocenters. The molecule has 78 valence electrons. The van der Waals surface area contributed by atoms with Gasteiger partial charge in [-0.15, -0.1) is 23.1 Å². The summed E-state index contributed by atoms with van der Waals surface area (Å²) in [7, 11) is 0. The van der Waals surface area contributed by atoms with Crippen LogP contribution in [0.25, 0.3) is 0 Å². The van der Waals surface area contributed by atoms with Gasteiger partial charge in [0.1, 0.15) is 5.01 Å². The zero-order chi connectivity index (χ0) is 10.7. The molecule has 0 aliphatic rings. The first-order valence-electron chi connectivity index (χ1n) is 4.53. The van der Waals surface area contributed by atoms with E-state index < -0.39 is 0 Å². The highest BCUT2D eigenvalue weighted by atomic mass is 35.5. The van der Waals surface area contributed by atoms with Crippen LogP contribution in [0.3, 0.4) is 0 Å². The first kappa shape index (κ1) is 11.0. The molecule has 0 bridgehead atoms. The van der Waals surface area contributed by atoms with E-state index in [4.69, 9.17) is 11.6 Å². The number of rotatable bonds is 3. The zero-order valence-corrected chi connectivity index (χ0v) is 10.6. The van der Waals surface area contributed by atoms with E-state index in [1.807, 2.05) is 25.1 Å². The van der Waals surface area contributed by atoms with Gasteiger partial charge in [0, 0.05) is 21.0 Å². The predicted octanol–water partition coefficient (Wildman–Crippen LogP) is 4.40. The number of hydrogen-bond donors (Lipinski definition) is 0. The minimum absolute atomic E-state index is 0.787. The number of thiazole rings is 1. The first-order valence-corrected chi connectivity index (χ1v) is 6.78. The lowest BCUT2D eigenvalue weighted by Crippen LogP contribution is -1.79. The monoisotopic (exact) mass is 255 g/mol. The molecule has 0 aliphatic carbocycles. The molecule has 0 amide bonds. The molecular formula is C11H10ClNS2. The fourth-order valence-corrected chi connectivity index (χ4v) is 3.17. The van der Waals surface area contributed by atoms with Gasteiger partial charge in [-0.05, 0) is 25.1 Å². The second kappa shape index (κ2) is 5.01. The van der Waals surface area contributed by atoms with E-state index in [1.165, 1.54) is 4.90 Å². The van der Waals surface area contributed by atoms with Crippen LogP contribution in [-0.2, 0) is 5.75 Å². The molecule has 0 saturated carbocycles. The van der Waals surface area contributed by atoms with Crippen LogP contribution in [0.4, 0.5) is 0 Å². The van der Waals surface area contributed by atoms with Crippen molar-refractivity contribution >= 4 is 34.7 Å². The number of nitrogens with zero attached hydrogens (tertiary/aromatic N) is 1. The molecule has 0 unspecified atom stereocenters.